The summed E-state index contributed by atoms with van der Waals surface area (Å²) in [6, 6.07) is 22.2. The van der Waals surface area contributed by atoms with Gasteiger partial charge in [0.2, 0.25) is 0 Å². The van der Waals surface area contributed by atoms with E-state index in [1.54, 1.807) is 6.07 Å². The summed E-state index contributed by atoms with van der Waals surface area (Å²) in [6.07, 6.45) is -0.256. The van der Waals surface area contributed by atoms with E-state index in [-0.39, 0.29) is 5.91 Å². The van der Waals surface area contributed by atoms with E-state index < -0.39 is 12.1 Å². The third-order valence-corrected chi connectivity index (χ3v) is 6.13. The second-order valence-electron chi connectivity index (χ2n) is 7.99. The Kier molecular flexibility index (Phi) is 4.97. The lowest BCUT2D eigenvalue weighted by molar-refractivity contribution is -0.142. The predicted molar refractivity (Wildman–Crippen MR) is 115 cm³/mol. The highest BCUT2D eigenvalue weighted by Gasteiger charge is 2.34. The van der Waals surface area contributed by atoms with Gasteiger partial charge in [-0.25, -0.2) is 4.79 Å². The average molecular weight is 400 g/mol. The van der Waals surface area contributed by atoms with Crippen molar-refractivity contribution in [3.8, 4) is 0 Å². The van der Waals surface area contributed by atoms with Crippen molar-refractivity contribution >= 4 is 22.6 Å². The highest BCUT2D eigenvalue weighted by atomic mass is 16.5. The molecule has 1 fully saturated rings. The Morgan fingerprint density at radius 3 is 2.50 bits per heavy atom. The standard InChI is InChI=1S/C25H24N2O3/c28-24(23-16-19-7-2-4-11-22(19)25(29)30-23)27-14-12-26(13-15-27)17-20-9-5-8-18-6-1-3-10-21(18)20/h1-11,23H,12-17H2. The first-order chi connectivity index (χ1) is 14.7. The van der Waals surface area contributed by atoms with Gasteiger partial charge in [0.1, 0.15) is 0 Å². The van der Waals surface area contributed by atoms with Crippen molar-refractivity contribution in [2.75, 3.05) is 26.2 Å². The molecule has 2 heterocycles. The SMILES string of the molecule is O=C1OC(C(=O)N2CCN(Cc3cccc4ccccc34)CC2)Cc2ccccc21. The molecule has 1 saturated heterocycles. The van der Waals surface area contributed by atoms with Crippen LogP contribution >= 0.6 is 0 Å². The van der Waals surface area contributed by atoms with Gasteiger partial charge < -0.3 is 9.64 Å². The van der Waals surface area contributed by atoms with Gasteiger partial charge in [0.25, 0.3) is 5.91 Å². The Labute approximate surface area is 175 Å². The predicted octanol–water partition coefficient (Wildman–Crippen LogP) is 3.27. The van der Waals surface area contributed by atoms with Gasteiger partial charge in [-0.2, -0.15) is 0 Å². The molecule has 0 saturated carbocycles. The lowest BCUT2D eigenvalue weighted by Crippen LogP contribution is -2.52. The number of cyclic esters (lactones) is 1. The first kappa shape index (κ1) is 18.8. The van der Waals surface area contributed by atoms with Crippen molar-refractivity contribution in [2.24, 2.45) is 0 Å². The number of fused-ring (bicyclic) bond motifs is 2. The fraction of sp³-hybridized carbons (Fsp3) is 0.280. The largest absolute Gasteiger partial charge is 0.448 e. The van der Waals surface area contributed by atoms with Gasteiger partial charge in [-0.15, -0.1) is 0 Å². The second-order valence-corrected chi connectivity index (χ2v) is 7.99. The van der Waals surface area contributed by atoms with Crippen molar-refractivity contribution in [1.82, 2.24) is 9.80 Å². The highest BCUT2D eigenvalue weighted by Crippen LogP contribution is 2.23. The summed E-state index contributed by atoms with van der Waals surface area (Å²) in [5.41, 5.74) is 2.77. The summed E-state index contributed by atoms with van der Waals surface area (Å²) < 4.78 is 5.45. The van der Waals surface area contributed by atoms with Gasteiger partial charge in [0, 0.05) is 39.1 Å². The minimum Gasteiger partial charge on any atom is -0.448 e. The molecule has 0 aromatic heterocycles. The summed E-state index contributed by atoms with van der Waals surface area (Å²) in [4.78, 5) is 29.4. The van der Waals surface area contributed by atoms with Crippen LogP contribution < -0.4 is 0 Å². The maximum atomic E-state index is 13.0. The molecule has 0 N–H and O–H groups in total. The number of carbonyl (C=O) groups is 2. The Morgan fingerprint density at radius 1 is 0.900 bits per heavy atom. The summed E-state index contributed by atoms with van der Waals surface area (Å²) in [5, 5.41) is 2.54. The van der Waals surface area contributed by atoms with Gasteiger partial charge in [-0.05, 0) is 28.0 Å². The molecule has 1 unspecified atom stereocenters. The number of nitrogens with zero attached hydrogens (tertiary/aromatic N) is 2. The molecule has 3 aromatic carbocycles. The molecule has 0 radical (unpaired) electrons. The topological polar surface area (TPSA) is 49.9 Å². The van der Waals surface area contributed by atoms with Crippen LogP contribution in [0.5, 0.6) is 0 Å². The van der Waals surface area contributed by atoms with Gasteiger partial charge in [0.05, 0.1) is 5.56 Å². The molecule has 3 aromatic rings. The fourth-order valence-corrected chi connectivity index (χ4v) is 4.47. The third kappa shape index (κ3) is 3.57. The summed E-state index contributed by atoms with van der Waals surface area (Å²) in [5.74, 6) is -0.479. The smallest absolute Gasteiger partial charge is 0.339 e. The molecule has 2 aliphatic heterocycles. The number of carbonyl (C=O) groups excluding carboxylic acids is 2. The summed E-state index contributed by atoms with van der Waals surface area (Å²) >= 11 is 0. The van der Waals surface area contributed by atoms with Crippen molar-refractivity contribution in [1.29, 1.82) is 0 Å². The van der Waals surface area contributed by atoms with Gasteiger partial charge in [-0.1, -0.05) is 60.7 Å². The minimum atomic E-state index is -0.711. The van der Waals surface area contributed by atoms with Crippen LogP contribution in [0.1, 0.15) is 21.5 Å². The number of hydrogen-bond acceptors (Lipinski definition) is 4. The normalized spacial score (nSPS) is 19.4. The average Bonchev–Trinajstić information content (AvgIpc) is 2.79. The lowest BCUT2D eigenvalue weighted by atomic mass is 9.98. The number of rotatable bonds is 3. The molecule has 0 spiro atoms. The Morgan fingerprint density at radius 2 is 1.63 bits per heavy atom. The number of ether oxygens (including phenoxy) is 1. The molecule has 0 bridgehead atoms. The van der Waals surface area contributed by atoms with Crippen molar-refractivity contribution in [2.45, 2.75) is 19.1 Å². The van der Waals surface area contributed by atoms with Crippen LogP contribution in [0.15, 0.2) is 66.7 Å². The van der Waals surface area contributed by atoms with Crippen molar-refractivity contribution < 1.29 is 14.3 Å². The Bertz CT molecular complexity index is 1100. The molecule has 30 heavy (non-hydrogen) atoms. The molecule has 1 amide bonds. The van der Waals surface area contributed by atoms with Crippen LogP contribution in [0, 0.1) is 0 Å². The molecule has 5 heteroatoms. The number of hydrogen-bond donors (Lipinski definition) is 0. The van der Waals surface area contributed by atoms with E-state index in [0.29, 0.717) is 25.1 Å². The Hall–Kier alpha value is -3.18. The van der Waals surface area contributed by atoms with Crippen LogP contribution in [-0.4, -0.2) is 54.0 Å². The number of piperazine rings is 1. The number of benzene rings is 3. The molecule has 2 aliphatic rings. The van der Waals surface area contributed by atoms with E-state index in [1.165, 1.54) is 16.3 Å². The maximum Gasteiger partial charge on any atom is 0.339 e. The monoisotopic (exact) mass is 400 g/mol. The molecule has 5 rings (SSSR count). The number of amides is 1. The van der Waals surface area contributed by atoms with Crippen LogP contribution in [0.25, 0.3) is 10.8 Å². The quantitative estimate of drug-likeness (QED) is 0.634. The molecular formula is C25H24N2O3. The van der Waals surface area contributed by atoms with E-state index >= 15 is 0 Å². The minimum absolute atomic E-state index is 0.0809. The van der Waals surface area contributed by atoms with Crippen molar-refractivity contribution in [3.05, 3.63) is 83.4 Å². The highest BCUT2D eigenvalue weighted by molar-refractivity contribution is 5.95. The van der Waals surface area contributed by atoms with Crippen LogP contribution in [0.4, 0.5) is 0 Å². The van der Waals surface area contributed by atoms with E-state index in [0.717, 1.165) is 25.2 Å². The molecular weight excluding hydrogens is 376 g/mol. The van der Waals surface area contributed by atoms with Gasteiger partial charge >= 0.3 is 5.97 Å². The van der Waals surface area contributed by atoms with E-state index in [1.807, 2.05) is 23.1 Å². The Balaban J connectivity index is 1.22. The lowest BCUT2D eigenvalue weighted by Gasteiger charge is -2.37. The molecule has 152 valence electrons. The zero-order valence-electron chi connectivity index (χ0n) is 16.8. The first-order valence-corrected chi connectivity index (χ1v) is 10.5. The summed E-state index contributed by atoms with van der Waals surface area (Å²) in [7, 11) is 0. The third-order valence-electron chi connectivity index (χ3n) is 6.13. The zero-order chi connectivity index (χ0) is 20.5. The zero-order valence-corrected chi connectivity index (χ0v) is 16.8. The van der Waals surface area contributed by atoms with Crippen LogP contribution in [0.3, 0.4) is 0 Å². The molecule has 0 aliphatic carbocycles. The van der Waals surface area contributed by atoms with Crippen LogP contribution in [-0.2, 0) is 22.5 Å². The van der Waals surface area contributed by atoms with Gasteiger partial charge in [0.15, 0.2) is 6.10 Å². The molecule has 1 atom stereocenters. The van der Waals surface area contributed by atoms with E-state index in [4.69, 9.17) is 4.74 Å². The van der Waals surface area contributed by atoms with Gasteiger partial charge in [-0.3, -0.25) is 9.69 Å². The maximum absolute atomic E-state index is 13.0. The summed E-state index contributed by atoms with van der Waals surface area (Å²) in [6.45, 7) is 3.80. The first-order valence-electron chi connectivity index (χ1n) is 10.5. The van der Waals surface area contributed by atoms with E-state index in [2.05, 4.69) is 47.4 Å². The second kappa shape index (κ2) is 7.92. The fourth-order valence-electron chi connectivity index (χ4n) is 4.47. The molecule has 5 nitrogen and oxygen atoms in total. The number of esters is 1. The van der Waals surface area contributed by atoms with Crippen LogP contribution in [0.2, 0.25) is 0 Å². The van der Waals surface area contributed by atoms with E-state index in [9.17, 15) is 9.59 Å². The van der Waals surface area contributed by atoms with Crippen molar-refractivity contribution in [3.63, 3.8) is 0 Å².